The molecule has 0 heterocycles. The quantitative estimate of drug-likeness (QED) is 0.371. The predicted octanol–water partition coefficient (Wildman–Crippen LogP) is 2.85. The summed E-state index contributed by atoms with van der Waals surface area (Å²) in [5.74, 6) is -0.192. The maximum atomic E-state index is 11.3. The Bertz CT molecular complexity index is 202. The standard InChI is InChI=1S/C11H18O2/c1-4-7-9-10(8-5-2)11(12)13-6-3/h4,7,9H,5-6,8H2,1-3H3. The molecule has 2 nitrogen and oxygen atoms in total. The zero-order chi connectivity index (χ0) is 10.1. The summed E-state index contributed by atoms with van der Waals surface area (Å²) in [7, 11) is 0. The number of hydrogen-bond acceptors (Lipinski definition) is 2. The van der Waals surface area contributed by atoms with Gasteiger partial charge in [0.1, 0.15) is 0 Å². The third kappa shape index (κ3) is 5.23. The van der Waals surface area contributed by atoms with E-state index in [1.165, 1.54) is 0 Å². The predicted molar refractivity (Wildman–Crippen MR) is 54.4 cm³/mol. The summed E-state index contributed by atoms with van der Waals surface area (Å²) in [5, 5.41) is 0. The fourth-order valence-corrected chi connectivity index (χ4v) is 0.959. The molecule has 0 radical (unpaired) electrons. The number of carbonyl (C=O) groups is 1. The van der Waals surface area contributed by atoms with Crippen molar-refractivity contribution in [1.29, 1.82) is 0 Å². The normalized spacial score (nSPS) is 12.1. The van der Waals surface area contributed by atoms with Gasteiger partial charge in [0, 0.05) is 5.57 Å². The van der Waals surface area contributed by atoms with Gasteiger partial charge in [0.05, 0.1) is 6.61 Å². The molecule has 13 heavy (non-hydrogen) atoms. The summed E-state index contributed by atoms with van der Waals surface area (Å²) < 4.78 is 4.91. The molecule has 2 heteroatoms. The smallest absolute Gasteiger partial charge is 0.333 e. The van der Waals surface area contributed by atoms with E-state index in [1.54, 1.807) is 0 Å². The first-order valence-electron chi connectivity index (χ1n) is 4.75. The van der Waals surface area contributed by atoms with E-state index in [2.05, 4.69) is 0 Å². The molecule has 0 unspecified atom stereocenters. The van der Waals surface area contributed by atoms with Crippen molar-refractivity contribution in [3.63, 3.8) is 0 Å². The lowest BCUT2D eigenvalue weighted by atomic mass is 10.1. The maximum absolute atomic E-state index is 11.3. The average molecular weight is 182 g/mol. The minimum Gasteiger partial charge on any atom is -0.463 e. The first kappa shape index (κ1) is 11.9. The number of allylic oxidation sites excluding steroid dienone is 3. The summed E-state index contributed by atoms with van der Waals surface area (Å²) in [6.07, 6.45) is 7.32. The van der Waals surface area contributed by atoms with Crippen molar-refractivity contribution in [2.45, 2.75) is 33.6 Å². The van der Waals surface area contributed by atoms with Gasteiger partial charge in [-0.05, 0) is 20.3 Å². The first-order chi connectivity index (χ1) is 6.26. The monoisotopic (exact) mass is 182 g/mol. The minimum atomic E-state index is -0.192. The second-order valence-corrected chi connectivity index (χ2v) is 2.69. The third-order valence-electron chi connectivity index (χ3n) is 1.55. The molecule has 0 bridgehead atoms. The van der Waals surface area contributed by atoms with Gasteiger partial charge in [-0.15, -0.1) is 0 Å². The lowest BCUT2D eigenvalue weighted by molar-refractivity contribution is -0.138. The van der Waals surface area contributed by atoms with Crippen molar-refractivity contribution in [1.82, 2.24) is 0 Å². The Labute approximate surface area is 80.3 Å². The Hall–Kier alpha value is -1.05. The van der Waals surface area contributed by atoms with Gasteiger partial charge in [-0.1, -0.05) is 31.6 Å². The largest absolute Gasteiger partial charge is 0.463 e. The van der Waals surface area contributed by atoms with Crippen LogP contribution in [0.2, 0.25) is 0 Å². The minimum absolute atomic E-state index is 0.192. The SMILES string of the molecule is CC=CC=C(CCC)C(=O)OCC. The van der Waals surface area contributed by atoms with Crippen LogP contribution in [-0.4, -0.2) is 12.6 Å². The van der Waals surface area contributed by atoms with Crippen LogP contribution in [0.4, 0.5) is 0 Å². The number of rotatable bonds is 5. The summed E-state index contributed by atoms with van der Waals surface area (Å²) in [6, 6.07) is 0. The van der Waals surface area contributed by atoms with Crippen LogP contribution in [0.25, 0.3) is 0 Å². The van der Waals surface area contributed by atoms with Gasteiger partial charge in [-0.25, -0.2) is 4.79 Å². The molecule has 0 aliphatic rings. The molecule has 74 valence electrons. The molecule has 0 aliphatic carbocycles. The fourth-order valence-electron chi connectivity index (χ4n) is 0.959. The Morgan fingerprint density at radius 3 is 2.54 bits per heavy atom. The Balaban J connectivity index is 4.31. The summed E-state index contributed by atoms with van der Waals surface area (Å²) in [6.45, 7) is 6.22. The van der Waals surface area contributed by atoms with Gasteiger partial charge in [0.25, 0.3) is 0 Å². The molecule has 0 N–H and O–H groups in total. The lowest BCUT2D eigenvalue weighted by Crippen LogP contribution is -2.07. The van der Waals surface area contributed by atoms with Gasteiger partial charge < -0.3 is 4.74 Å². The molecule has 0 aliphatic heterocycles. The molecular weight excluding hydrogens is 164 g/mol. The molecular formula is C11H18O2. The molecule has 0 saturated carbocycles. The second kappa shape index (κ2) is 7.59. The first-order valence-corrected chi connectivity index (χ1v) is 4.75. The van der Waals surface area contributed by atoms with Crippen LogP contribution in [0.15, 0.2) is 23.8 Å². The van der Waals surface area contributed by atoms with Gasteiger partial charge in [-0.2, -0.15) is 0 Å². The van der Waals surface area contributed by atoms with Crippen molar-refractivity contribution in [3.8, 4) is 0 Å². The van der Waals surface area contributed by atoms with Crippen LogP contribution in [-0.2, 0) is 9.53 Å². The van der Waals surface area contributed by atoms with Crippen molar-refractivity contribution in [3.05, 3.63) is 23.8 Å². The van der Waals surface area contributed by atoms with E-state index < -0.39 is 0 Å². The number of hydrogen-bond donors (Lipinski definition) is 0. The molecule has 0 atom stereocenters. The van der Waals surface area contributed by atoms with E-state index in [4.69, 9.17) is 4.74 Å². The molecule has 0 amide bonds. The third-order valence-corrected chi connectivity index (χ3v) is 1.55. The highest BCUT2D eigenvalue weighted by molar-refractivity contribution is 5.88. The van der Waals surface area contributed by atoms with Crippen LogP contribution < -0.4 is 0 Å². The second-order valence-electron chi connectivity index (χ2n) is 2.69. The van der Waals surface area contributed by atoms with Crippen molar-refractivity contribution in [2.24, 2.45) is 0 Å². The van der Waals surface area contributed by atoms with E-state index in [9.17, 15) is 4.79 Å². The van der Waals surface area contributed by atoms with E-state index in [1.807, 2.05) is 39.0 Å². The Kier molecular flexibility index (Phi) is 6.98. The van der Waals surface area contributed by atoms with Gasteiger partial charge in [0.15, 0.2) is 0 Å². The van der Waals surface area contributed by atoms with Crippen LogP contribution in [0, 0.1) is 0 Å². The van der Waals surface area contributed by atoms with Gasteiger partial charge >= 0.3 is 5.97 Å². The zero-order valence-electron chi connectivity index (χ0n) is 8.67. The zero-order valence-corrected chi connectivity index (χ0v) is 8.67. The molecule has 0 spiro atoms. The molecule has 0 saturated heterocycles. The molecule has 0 fully saturated rings. The van der Waals surface area contributed by atoms with Gasteiger partial charge in [-0.3, -0.25) is 0 Å². The van der Waals surface area contributed by atoms with Crippen molar-refractivity contribution < 1.29 is 9.53 Å². The Morgan fingerprint density at radius 2 is 2.08 bits per heavy atom. The number of carbonyl (C=O) groups excluding carboxylic acids is 1. The lowest BCUT2D eigenvalue weighted by Gasteiger charge is -2.03. The van der Waals surface area contributed by atoms with Crippen LogP contribution >= 0.6 is 0 Å². The van der Waals surface area contributed by atoms with Gasteiger partial charge in [0.2, 0.25) is 0 Å². The van der Waals surface area contributed by atoms with E-state index in [0.29, 0.717) is 6.61 Å². The maximum Gasteiger partial charge on any atom is 0.333 e. The fraction of sp³-hybridized carbons (Fsp3) is 0.545. The number of ether oxygens (including phenoxy) is 1. The highest BCUT2D eigenvalue weighted by atomic mass is 16.5. The summed E-state index contributed by atoms with van der Waals surface area (Å²) in [5.41, 5.74) is 0.752. The molecule has 0 rings (SSSR count). The summed E-state index contributed by atoms with van der Waals surface area (Å²) >= 11 is 0. The average Bonchev–Trinajstić information content (AvgIpc) is 2.12. The highest BCUT2D eigenvalue weighted by Gasteiger charge is 2.07. The molecule has 0 aromatic carbocycles. The van der Waals surface area contributed by atoms with Crippen molar-refractivity contribution in [2.75, 3.05) is 6.61 Å². The summed E-state index contributed by atoms with van der Waals surface area (Å²) in [4.78, 5) is 11.3. The highest BCUT2D eigenvalue weighted by Crippen LogP contribution is 2.07. The van der Waals surface area contributed by atoms with Crippen LogP contribution in [0.3, 0.4) is 0 Å². The molecule has 0 aromatic heterocycles. The van der Waals surface area contributed by atoms with E-state index in [-0.39, 0.29) is 5.97 Å². The van der Waals surface area contributed by atoms with E-state index >= 15 is 0 Å². The molecule has 0 aromatic rings. The van der Waals surface area contributed by atoms with E-state index in [0.717, 1.165) is 18.4 Å². The Morgan fingerprint density at radius 1 is 1.38 bits per heavy atom. The van der Waals surface area contributed by atoms with Crippen molar-refractivity contribution >= 4 is 5.97 Å². The topological polar surface area (TPSA) is 26.3 Å². The number of esters is 1. The van der Waals surface area contributed by atoms with Crippen LogP contribution in [0.1, 0.15) is 33.6 Å². The van der Waals surface area contributed by atoms with Crippen LogP contribution in [0.5, 0.6) is 0 Å².